The van der Waals surface area contributed by atoms with Gasteiger partial charge in [0.05, 0.1) is 24.3 Å². The predicted molar refractivity (Wildman–Crippen MR) is 380 cm³/mol. The van der Waals surface area contributed by atoms with Crippen LogP contribution in [0.15, 0.2) is 84.1 Å². The molecule has 2 aliphatic heterocycles. The van der Waals surface area contributed by atoms with Gasteiger partial charge >= 0.3 is 122 Å². The fourth-order valence-electron chi connectivity index (χ4n) is 13.8. The molecule has 4 aliphatic rings. The van der Waals surface area contributed by atoms with Crippen LogP contribution < -0.4 is 33.8 Å². The Labute approximate surface area is 575 Å². The third-order valence-corrected chi connectivity index (χ3v) is 38.4. The monoisotopic (exact) mass is 1460 g/mol. The van der Waals surface area contributed by atoms with Gasteiger partial charge in [-0.2, -0.15) is 0 Å². The van der Waals surface area contributed by atoms with E-state index >= 15 is 0 Å². The number of aliphatic hydroxyl groups excluding tert-OH is 2. The van der Waals surface area contributed by atoms with E-state index in [4.69, 9.17) is 31.0 Å². The maximum atomic E-state index is 14.5. The predicted octanol–water partition coefficient (Wildman–Crippen LogP) is 15.5. The molecule has 514 valence electrons. The van der Waals surface area contributed by atoms with Gasteiger partial charge in [0.15, 0.2) is 0 Å². The van der Waals surface area contributed by atoms with Crippen molar-refractivity contribution in [2.75, 3.05) is 13.1 Å². The van der Waals surface area contributed by atoms with Gasteiger partial charge in [0.1, 0.15) is 27.8 Å². The van der Waals surface area contributed by atoms with E-state index in [0.29, 0.717) is 28.5 Å². The minimum absolute atomic E-state index is 0.0299. The van der Waals surface area contributed by atoms with E-state index in [-0.39, 0.29) is 82.7 Å². The van der Waals surface area contributed by atoms with Crippen LogP contribution in [0.1, 0.15) is 212 Å². The molecular weight excluding hydrogens is 1350 g/mol. The van der Waals surface area contributed by atoms with Crippen LogP contribution in [0.3, 0.4) is 0 Å². The fraction of sp³-hybridized carbons (Fsp3) is 0.595. The third-order valence-electron chi connectivity index (χ3n) is 18.6. The van der Waals surface area contributed by atoms with E-state index in [1.54, 1.807) is 28.6 Å². The number of carbonyl (C=O) groups excluding carboxylic acids is 2. The molecule has 94 heavy (non-hydrogen) atoms. The normalized spacial score (nSPS) is 18.2. The third kappa shape index (κ3) is 21.9. The van der Waals surface area contributed by atoms with Gasteiger partial charge in [0.2, 0.25) is 23.6 Å². The number of hydrogen-bond acceptors (Lipinski definition) is 14. The van der Waals surface area contributed by atoms with Gasteiger partial charge in [-0.3, -0.25) is 9.59 Å². The van der Waals surface area contributed by atoms with Crippen molar-refractivity contribution in [2.24, 2.45) is 10.8 Å². The van der Waals surface area contributed by atoms with Crippen LogP contribution >= 0.6 is 34.3 Å². The van der Waals surface area contributed by atoms with Crippen LogP contribution in [0.4, 0.5) is 8.78 Å². The Hall–Kier alpha value is -4.67. The van der Waals surface area contributed by atoms with Gasteiger partial charge in [-0.1, -0.05) is 53.1 Å². The number of ether oxygens (including phenoxy) is 2. The topological polar surface area (TPSA) is 193 Å². The molecule has 2 fully saturated rings. The number of benzene rings is 2. The number of unbranched alkanes of at least 4 members (excludes halogenated alkanes) is 3. The van der Waals surface area contributed by atoms with Gasteiger partial charge in [0, 0.05) is 97.5 Å². The summed E-state index contributed by atoms with van der Waals surface area (Å²) in [7, 11) is 0. The van der Waals surface area contributed by atoms with Crippen molar-refractivity contribution in [3.8, 4) is 22.3 Å². The Morgan fingerprint density at radius 1 is 0.628 bits per heavy atom. The molecule has 2 amide bonds. The number of aliphatic hydroxyl groups is 2. The standard InChI is InChI=1S/C31H39FN4O3S.C28H37ClFN3O3.3C4H9.C3H2NS.Sn/c1-19(37)36-25(13-20-10-22(14-23(32)11-20)29-33-8-9-40-29)27(38)18-34-26-16-31(6-5-7-31)39-28-24(26)12-21(17-35-28)15-30(2,3)4;1-17(34)33-23(11-18-8-20(29)12-21(30)9-18)25(35)16-31-24-14-28(6-5-7-28)36-26-22(24)10-19(15-32-26)13-27(2,3)4;3*1-3-4-2;1-2-5-3-4-1;/h8-12,14,17,25-27,34,38H,5-7,13,15-16,18H2,1-4H3,(H,36,37);8-10,12,15,23-25,31,35H,5-7,11,13-14,16H2,1-4H3,(H,33,34);3*1,3-4H2,2H3;1-2H;/t25-,26-,27+;23-,24-,25+;;;;;/m00...../s1. The van der Waals surface area contributed by atoms with Crippen molar-refractivity contribution in [2.45, 2.75) is 253 Å². The quantitative estimate of drug-likeness (QED) is 0.0268. The zero-order valence-electron chi connectivity index (χ0n) is 57.6. The number of aromatic nitrogens is 4. The minimum atomic E-state index is -2.12. The molecule has 10 rings (SSSR count). The average molecular weight is 1460 g/mol. The van der Waals surface area contributed by atoms with E-state index in [0.717, 1.165) is 91.5 Å². The molecule has 20 heteroatoms. The Balaban J connectivity index is 0.000000193. The first-order chi connectivity index (χ1) is 44.7. The number of fused-ring (bicyclic) bond motifs is 2. The Bertz CT molecular complexity index is 3340. The van der Waals surface area contributed by atoms with Gasteiger partial charge in [-0.15, -0.1) is 11.3 Å². The van der Waals surface area contributed by atoms with E-state index < -0.39 is 48.5 Å². The molecule has 0 bridgehead atoms. The molecule has 0 radical (unpaired) electrons. The first-order valence-corrected chi connectivity index (χ1v) is 44.1. The van der Waals surface area contributed by atoms with Crippen LogP contribution in [0.25, 0.3) is 10.6 Å². The summed E-state index contributed by atoms with van der Waals surface area (Å²) in [4.78, 5) is 42.4. The summed E-state index contributed by atoms with van der Waals surface area (Å²) >= 11 is 7.28. The van der Waals surface area contributed by atoms with Crippen molar-refractivity contribution in [3.63, 3.8) is 0 Å². The molecule has 0 unspecified atom stereocenters. The molecule has 2 saturated carbocycles. The van der Waals surface area contributed by atoms with E-state index in [9.17, 15) is 28.6 Å². The number of halogens is 3. The summed E-state index contributed by atoms with van der Waals surface area (Å²) < 4.78 is 47.4. The van der Waals surface area contributed by atoms with Gasteiger partial charge in [-0.25, -0.2) is 23.7 Å². The first-order valence-electron chi connectivity index (χ1n) is 34.5. The number of rotatable bonds is 27. The summed E-state index contributed by atoms with van der Waals surface area (Å²) in [6, 6.07) is 12.1. The fourth-order valence-corrected chi connectivity index (χ4v) is 33.9. The number of hydrogen-bond donors (Lipinski definition) is 6. The molecule has 4 aromatic heterocycles. The number of pyridine rings is 2. The average Bonchev–Trinajstić information content (AvgIpc) is 0.906. The van der Waals surface area contributed by atoms with Gasteiger partial charge < -0.3 is 41.0 Å². The Morgan fingerprint density at radius 3 is 1.46 bits per heavy atom. The van der Waals surface area contributed by atoms with Gasteiger partial charge in [-0.05, 0) is 146 Å². The van der Waals surface area contributed by atoms with Crippen LogP contribution in [-0.4, -0.2) is 109 Å². The molecule has 2 spiro atoms. The zero-order valence-corrected chi connectivity index (χ0v) is 62.8. The second-order valence-corrected chi connectivity index (χ2v) is 45.8. The van der Waals surface area contributed by atoms with Crippen molar-refractivity contribution >= 4 is 67.5 Å². The zero-order chi connectivity index (χ0) is 67.8. The number of carbonyl (C=O) groups is 2. The second kappa shape index (κ2) is 34.2. The van der Waals surface area contributed by atoms with Crippen LogP contribution in [0, 0.1) is 22.5 Å². The molecular formula is C74H105ClF2N8O6S2Sn. The molecule has 6 aromatic rings. The Kier molecular flexibility index (Phi) is 27.3. The summed E-state index contributed by atoms with van der Waals surface area (Å²) in [5.41, 5.74) is 6.15. The van der Waals surface area contributed by atoms with E-state index in [1.165, 1.54) is 88.0 Å². The van der Waals surface area contributed by atoms with E-state index in [2.05, 4.69) is 111 Å². The molecule has 6 heterocycles. The van der Waals surface area contributed by atoms with Crippen molar-refractivity contribution in [1.82, 2.24) is 41.2 Å². The molecule has 6 atom stereocenters. The molecule has 14 nitrogen and oxygen atoms in total. The Morgan fingerprint density at radius 2 is 1.07 bits per heavy atom. The molecule has 2 aliphatic carbocycles. The number of amides is 2. The van der Waals surface area contributed by atoms with Crippen molar-refractivity contribution in [1.29, 1.82) is 0 Å². The van der Waals surface area contributed by atoms with Crippen LogP contribution in [0.2, 0.25) is 18.3 Å². The summed E-state index contributed by atoms with van der Waals surface area (Å²) in [6.45, 7) is 23.6. The van der Waals surface area contributed by atoms with Crippen LogP contribution in [-0.2, 0) is 35.3 Å². The van der Waals surface area contributed by atoms with Crippen molar-refractivity contribution in [3.05, 3.63) is 134 Å². The summed E-state index contributed by atoms with van der Waals surface area (Å²) in [5, 5.41) is 40.2. The SMILES string of the molecule is CC(=O)N[C@@H](Cc1cc(F)cc(-c2nccs2)c1)[C@H](O)CN[C@H]1CC2(CCC2)Oc2ncc(CC(C)(C)C)cc21.CC(=O)N[C@@H](Cc1cc(F)cc(Cl)c1)[C@H](O)CN[C@H]1CC2(CCC2)Oc2ncc(CC(C)(C)C)cc21.CCC[CH2][Sn]([CH2]CCC)([CH2]CCC)[c]1nccs1. The van der Waals surface area contributed by atoms with Crippen LogP contribution in [0.5, 0.6) is 11.8 Å². The second-order valence-electron chi connectivity index (χ2n) is 29.6. The first kappa shape index (κ1) is 75.1. The number of nitrogens with zero attached hydrogens (tertiary/aromatic N) is 4. The molecule has 2 aromatic carbocycles. The number of thiazole rings is 2. The number of nitrogens with one attached hydrogen (secondary N) is 4. The van der Waals surface area contributed by atoms with Crippen molar-refractivity contribution < 1.29 is 38.1 Å². The summed E-state index contributed by atoms with van der Waals surface area (Å²) in [6.07, 6.45) is 24.3. The maximum absolute atomic E-state index is 14.5. The van der Waals surface area contributed by atoms with E-state index in [1.807, 2.05) is 41.4 Å². The van der Waals surface area contributed by atoms with Gasteiger partial charge in [0.25, 0.3) is 0 Å². The molecule has 6 N–H and O–H groups in total. The summed E-state index contributed by atoms with van der Waals surface area (Å²) in [5.74, 6) is 0.000629. The molecule has 0 saturated heterocycles.